The van der Waals surface area contributed by atoms with Crippen LogP contribution in [-0.4, -0.2) is 23.3 Å². The first-order chi connectivity index (χ1) is 12.0. The van der Waals surface area contributed by atoms with Gasteiger partial charge < -0.3 is 4.74 Å². The summed E-state index contributed by atoms with van der Waals surface area (Å²) in [5.74, 6) is -0.783. The number of carbonyl (C=O) groups is 2. The Morgan fingerprint density at radius 2 is 1.84 bits per heavy atom. The monoisotopic (exact) mass is 353 g/mol. The van der Waals surface area contributed by atoms with Crippen LogP contribution in [0.2, 0.25) is 5.02 Å². The van der Waals surface area contributed by atoms with E-state index in [1.807, 2.05) is 37.3 Å². The number of hydrogen-bond donors (Lipinski definition) is 0. The Bertz CT molecular complexity index is 953. The minimum atomic E-state index is -0.526. The van der Waals surface area contributed by atoms with Crippen molar-refractivity contribution in [2.45, 2.75) is 13.3 Å². The molecule has 5 heteroatoms. The summed E-state index contributed by atoms with van der Waals surface area (Å²) in [6.45, 7) is 1.56. The highest BCUT2D eigenvalue weighted by molar-refractivity contribution is 6.31. The van der Waals surface area contributed by atoms with Gasteiger partial charge in [-0.1, -0.05) is 41.9 Å². The molecule has 0 saturated heterocycles. The fourth-order valence-corrected chi connectivity index (χ4v) is 2.76. The van der Waals surface area contributed by atoms with Crippen LogP contribution in [0.1, 0.15) is 21.6 Å². The third-order valence-corrected chi connectivity index (χ3v) is 4.10. The lowest BCUT2D eigenvalue weighted by molar-refractivity contribution is -0.121. The lowest BCUT2D eigenvalue weighted by atomic mass is 10.1. The number of pyridine rings is 1. The maximum Gasteiger partial charge on any atom is 0.338 e. The zero-order chi connectivity index (χ0) is 17.8. The number of hydrogen-bond acceptors (Lipinski definition) is 4. The molecule has 0 unspecified atom stereocenters. The summed E-state index contributed by atoms with van der Waals surface area (Å²) in [6, 6.07) is 14.8. The highest BCUT2D eigenvalue weighted by Crippen LogP contribution is 2.17. The second-order valence-electron chi connectivity index (χ2n) is 5.79. The standard InChI is InChI=1S/C20H16ClNO3/c1-13-8-18(21)19(22-11-13)10-17(23)12-25-20(24)16-7-6-14-4-2-3-5-15(14)9-16/h2-9,11H,10,12H2,1H3. The van der Waals surface area contributed by atoms with E-state index in [0.717, 1.165) is 16.3 Å². The number of halogens is 1. The number of Topliss-reactive ketones (excluding diaryl/α,β-unsaturated/α-hetero) is 1. The highest BCUT2D eigenvalue weighted by Gasteiger charge is 2.13. The van der Waals surface area contributed by atoms with Crippen LogP contribution in [0.5, 0.6) is 0 Å². The number of rotatable bonds is 5. The van der Waals surface area contributed by atoms with Crippen molar-refractivity contribution in [3.8, 4) is 0 Å². The van der Waals surface area contributed by atoms with E-state index in [1.54, 1.807) is 24.4 Å². The third kappa shape index (κ3) is 4.22. The topological polar surface area (TPSA) is 56.3 Å². The first kappa shape index (κ1) is 17.1. The number of carbonyl (C=O) groups excluding carboxylic acids is 2. The highest BCUT2D eigenvalue weighted by atomic mass is 35.5. The number of fused-ring (bicyclic) bond motifs is 1. The fraction of sp³-hybridized carbons (Fsp3) is 0.150. The van der Waals surface area contributed by atoms with Crippen LogP contribution in [0.3, 0.4) is 0 Å². The summed E-state index contributed by atoms with van der Waals surface area (Å²) in [4.78, 5) is 28.3. The molecule has 0 N–H and O–H groups in total. The largest absolute Gasteiger partial charge is 0.454 e. The van der Waals surface area contributed by atoms with Gasteiger partial charge >= 0.3 is 5.97 Å². The molecule has 0 radical (unpaired) electrons. The molecule has 0 saturated carbocycles. The van der Waals surface area contributed by atoms with Crippen LogP contribution in [0, 0.1) is 6.92 Å². The molecule has 25 heavy (non-hydrogen) atoms. The number of benzene rings is 2. The first-order valence-electron chi connectivity index (χ1n) is 7.81. The summed E-state index contributed by atoms with van der Waals surface area (Å²) in [5, 5.41) is 2.42. The van der Waals surface area contributed by atoms with Gasteiger partial charge in [0, 0.05) is 6.20 Å². The predicted molar refractivity (Wildman–Crippen MR) is 96.9 cm³/mol. The average Bonchev–Trinajstić information content (AvgIpc) is 2.61. The van der Waals surface area contributed by atoms with Gasteiger partial charge in [0.25, 0.3) is 0 Å². The Balaban J connectivity index is 1.61. The van der Waals surface area contributed by atoms with Crippen molar-refractivity contribution in [3.63, 3.8) is 0 Å². The number of nitrogens with zero attached hydrogens (tertiary/aromatic N) is 1. The zero-order valence-electron chi connectivity index (χ0n) is 13.7. The van der Waals surface area contributed by atoms with Gasteiger partial charge in [-0.25, -0.2) is 4.79 Å². The minimum absolute atomic E-state index is 0.0319. The Hall–Kier alpha value is -2.72. The van der Waals surface area contributed by atoms with Gasteiger partial charge in [0.15, 0.2) is 12.4 Å². The minimum Gasteiger partial charge on any atom is -0.454 e. The molecule has 0 aliphatic heterocycles. The van der Waals surface area contributed by atoms with Gasteiger partial charge in [0.2, 0.25) is 0 Å². The Labute approximate surface area is 150 Å². The molecule has 1 heterocycles. The summed E-state index contributed by atoms with van der Waals surface area (Å²) >= 11 is 6.07. The van der Waals surface area contributed by atoms with E-state index >= 15 is 0 Å². The summed E-state index contributed by atoms with van der Waals surface area (Å²) in [5.41, 5.74) is 1.82. The van der Waals surface area contributed by atoms with E-state index in [1.165, 1.54) is 0 Å². The molecule has 3 aromatic rings. The molecule has 126 valence electrons. The number of esters is 1. The molecule has 0 fully saturated rings. The lowest BCUT2D eigenvalue weighted by Gasteiger charge is -2.06. The van der Waals surface area contributed by atoms with E-state index in [9.17, 15) is 9.59 Å². The molecule has 0 aliphatic carbocycles. The van der Waals surface area contributed by atoms with Crippen molar-refractivity contribution in [1.29, 1.82) is 0 Å². The maximum absolute atomic E-state index is 12.1. The van der Waals surface area contributed by atoms with Crippen molar-refractivity contribution < 1.29 is 14.3 Å². The second-order valence-corrected chi connectivity index (χ2v) is 6.20. The van der Waals surface area contributed by atoms with Crippen LogP contribution in [-0.2, 0) is 16.0 Å². The van der Waals surface area contributed by atoms with E-state index in [4.69, 9.17) is 16.3 Å². The predicted octanol–water partition coefficient (Wildman–Crippen LogP) is 4.17. The van der Waals surface area contributed by atoms with Gasteiger partial charge in [-0.3, -0.25) is 9.78 Å². The summed E-state index contributed by atoms with van der Waals surface area (Å²) in [7, 11) is 0. The van der Waals surface area contributed by atoms with Gasteiger partial charge in [0.05, 0.1) is 22.7 Å². The van der Waals surface area contributed by atoms with Crippen LogP contribution in [0.25, 0.3) is 10.8 Å². The van der Waals surface area contributed by atoms with Gasteiger partial charge in [0.1, 0.15) is 0 Å². The van der Waals surface area contributed by atoms with E-state index in [0.29, 0.717) is 16.3 Å². The summed E-state index contributed by atoms with van der Waals surface area (Å²) < 4.78 is 5.12. The smallest absolute Gasteiger partial charge is 0.338 e. The van der Waals surface area contributed by atoms with Crippen LogP contribution in [0.4, 0.5) is 0 Å². The average molecular weight is 354 g/mol. The molecule has 2 aromatic carbocycles. The number of ketones is 1. The molecule has 0 amide bonds. The Morgan fingerprint density at radius 3 is 2.60 bits per heavy atom. The van der Waals surface area contributed by atoms with E-state index in [-0.39, 0.29) is 18.8 Å². The number of ether oxygens (including phenoxy) is 1. The van der Waals surface area contributed by atoms with Gasteiger partial charge in [-0.15, -0.1) is 0 Å². The quantitative estimate of drug-likeness (QED) is 0.646. The fourth-order valence-electron chi connectivity index (χ4n) is 2.48. The van der Waals surface area contributed by atoms with Crippen molar-refractivity contribution in [3.05, 3.63) is 76.6 Å². The Kier molecular flexibility index (Phi) is 5.10. The molecular formula is C20H16ClNO3. The molecule has 1 aromatic heterocycles. The van der Waals surface area contributed by atoms with Crippen molar-refractivity contribution >= 4 is 34.1 Å². The molecule has 0 atom stereocenters. The van der Waals surface area contributed by atoms with Gasteiger partial charge in [-0.2, -0.15) is 0 Å². The van der Waals surface area contributed by atoms with Crippen LogP contribution < -0.4 is 0 Å². The molecular weight excluding hydrogens is 338 g/mol. The summed E-state index contributed by atoms with van der Waals surface area (Å²) in [6.07, 6.45) is 1.68. The van der Waals surface area contributed by atoms with E-state index < -0.39 is 5.97 Å². The molecule has 0 bridgehead atoms. The molecule has 3 rings (SSSR count). The molecule has 0 spiro atoms. The lowest BCUT2D eigenvalue weighted by Crippen LogP contribution is -2.16. The zero-order valence-corrected chi connectivity index (χ0v) is 14.4. The second kappa shape index (κ2) is 7.45. The normalized spacial score (nSPS) is 10.6. The maximum atomic E-state index is 12.1. The number of aryl methyl sites for hydroxylation is 1. The number of aromatic nitrogens is 1. The van der Waals surface area contributed by atoms with Crippen molar-refractivity contribution in [2.75, 3.05) is 6.61 Å². The van der Waals surface area contributed by atoms with E-state index in [2.05, 4.69) is 4.98 Å². The van der Waals surface area contributed by atoms with Crippen molar-refractivity contribution in [2.24, 2.45) is 0 Å². The van der Waals surface area contributed by atoms with Crippen LogP contribution >= 0.6 is 11.6 Å². The van der Waals surface area contributed by atoms with Crippen LogP contribution in [0.15, 0.2) is 54.7 Å². The SMILES string of the molecule is Cc1cnc(CC(=O)COC(=O)c2ccc3ccccc3c2)c(Cl)c1. The third-order valence-electron chi connectivity index (χ3n) is 3.77. The molecule has 4 nitrogen and oxygen atoms in total. The molecule has 0 aliphatic rings. The first-order valence-corrected chi connectivity index (χ1v) is 8.19. The Morgan fingerprint density at radius 1 is 1.08 bits per heavy atom. The van der Waals surface area contributed by atoms with Crippen molar-refractivity contribution in [1.82, 2.24) is 4.98 Å². The van der Waals surface area contributed by atoms with Gasteiger partial charge in [-0.05, 0) is 41.5 Å².